The van der Waals surface area contributed by atoms with Crippen LogP contribution in [0.4, 0.5) is 5.69 Å². The zero-order valence-corrected chi connectivity index (χ0v) is 10.9. The average Bonchev–Trinajstić information content (AvgIpc) is 2.83. The van der Waals surface area contributed by atoms with Gasteiger partial charge in [0.05, 0.1) is 4.92 Å². The number of nitro groups is 1. The Morgan fingerprint density at radius 2 is 2.42 bits per heavy atom. The first kappa shape index (κ1) is 15.1. The van der Waals surface area contributed by atoms with Crippen molar-refractivity contribution in [3.8, 4) is 0 Å². The molecule has 106 valence electrons. The number of nitrogens with one attached hydrogen (secondary N) is 1. The Morgan fingerprint density at radius 1 is 1.68 bits per heavy atom. The summed E-state index contributed by atoms with van der Waals surface area (Å²) < 4.78 is 1.24. The highest BCUT2D eigenvalue weighted by molar-refractivity contribution is 5.76. The maximum Gasteiger partial charge on any atom is 0.307 e. The number of nitrogens with two attached hydrogens (primary N) is 1. The molecule has 1 rings (SSSR count). The lowest BCUT2D eigenvalue weighted by molar-refractivity contribution is -0.385. The smallest absolute Gasteiger partial charge is 0.307 e. The number of rotatable bonds is 8. The summed E-state index contributed by atoms with van der Waals surface area (Å²) in [6.07, 6.45) is 5.21. The molecule has 0 aliphatic rings. The van der Waals surface area contributed by atoms with Gasteiger partial charge in [0, 0.05) is 12.6 Å². The molecule has 0 aliphatic heterocycles. The number of amides is 1. The standard InChI is InChI=1S/C11H19N5O3/c1-2-3-4-9(5-12)14-11(17)8-15-7-10(6-13-15)16(18)19/h6-7,9H,2-5,8,12H2,1H3,(H,14,17). The minimum Gasteiger partial charge on any atom is -0.350 e. The van der Waals surface area contributed by atoms with Crippen LogP contribution >= 0.6 is 0 Å². The second kappa shape index (κ2) is 7.47. The van der Waals surface area contributed by atoms with Crippen LogP contribution in [-0.2, 0) is 11.3 Å². The van der Waals surface area contributed by atoms with Crippen molar-refractivity contribution in [2.24, 2.45) is 5.73 Å². The third kappa shape index (κ3) is 5.04. The molecule has 1 atom stereocenters. The van der Waals surface area contributed by atoms with Crippen molar-refractivity contribution in [3.63, 3.8) is 0 Å². The molecule has 1 unspecified atom stereocenters. The number of hydrogen-bond donors (Lipinski definition) is 2. The maximum absolute atomic E-state index is 11.7. The summed E-state index contributed by atoms with van der Waals surface area (Å²) in [5.41, 5.74) is 5.44. The Hall–Kier alpha value is -1.96. The molecule has 0 saturated heterocycles. The van der Waals surface area contributed by atoms with Crippen molar-refractivity contribution in [3.05, 3.63) is 22.5 Å². The van der Waals surface area contributed by atoms with E-state index in [1.807, 2.05) is 0 Å². The predicted molar refractivity (Wildman–Crippen MR) is 69.4 cm³/mol. The van der Waals surface area contributed by atoms with Gasteiger partial charge in [-0.2, -0.15) is 5.10 Å². The third-order valence-corrected chi connectivity index (χ3v) is 2.69. The molecule has 1 aromatic rings. The Bertz CT molecular complexity index is 432. The lowest BCUT2D eigenvalue weighted by Gasteiger charge is -2.16. The molecule has 0 fully saturated rings. The van der Waals surface area contributed by atoms with Gasteiger partial charge in [0.15, 0.2) is 0 Å². The highest BCUT2D eigenvalue weighted by Gasteiger charge is 2.13. The van der Waals surface area contributed by atoms with E-state index in [-0.39, 0.29) is 24.2 Å². The molecule has 0 radical (unpaired) electrons. The number of carbonyl (C=O) groups excluding carboxylic acids is 1. The Labute approximate surface area is 111 Å². The van der Waals surface area contributed by atoms with E-state index in [1.54, 1.807) is 0 Å². The van der Waals surface area contributed by atoms with Crippen LogP contribution in [0, 0.1) is 10.1 Å². The van der Waals surface area contributed by atoms with Crippen LogP contribution in [0.1, 0.15) is 26.2 Å². The Kier molecular flexibility index (Phi) is 5.94. The summed E-state index contributed by atoms with van der Waals surface area (Å²) in [4.78, 5) is 21.7. The van der Waals surface area contributed by atoms with Crippen LogP contribution in [0.5, 0.6) is 0 Å². The topological polar surface area (TPSA) is 116 Å². The molecular formula is C11H19N5O3. The van der Waals surface area contributed by atoms with Gasteiger partial charge in [-0.3, -0.25) is 19.6 Å². The van der Waals surface area contributed by atoms with Gasteiger partial charge in [-0.1, -0.05) is 19.8 Å². The highest BCUT2D eigenvalue weighted by Crippen LogP contribution is 2.07. The third-order valence-electron chi connectivity index (χ3n) is 2.69. The van der Waals surface area contributed by atoms with E-state index in [4.69, 9.17) is 5.73 Å². The summed E-state index contributed by atoms with van der Waals surface area (Å²) in [6, 6.07) is -0.0574. The van der Waals surface area contributed by atoms with Crippen LogP contribution in [-0.4, -0.2) is 33.2 Å². The molecule has 1 amide bonds. The number of carbonyl (C=O) groups is 1. The SMILES string of the molecule is CCCCC(CN)NC(=O)Cn1cc([N+](=O)[O-])cn1. The maximum atomic E-state index is 11.7. The van der Waals surface area contributed by atoms with Gasteiger partial charge in [-0.15, -0.1) is 0 Å². The first-order chi connectivity index (χ1) is 9.06. The van der Waals surface area contributed by atoms with Crippen molar-refractivity contribution in [2.75, 3.05) is 6.54 Å². The summed E-state index contributed by atoms with van der Waals surface area (Å²) >= 11 is 0. The quantitative estimate of drug-likeness (QED) is 0.524. The molecule has 0 bridgehead atoms. The van der Waals surface area contributed by atoms with E-state index < -0.39 is 4.92 Å². The monoisotopic (exact) mass is 269 g/mol. The van der Waals surface area contributed by atoms with Crippen molar-refractivity contribution >= 4 is 11.6 Å². The molecule has 8 nitrogen and oxygen atoms in total. The molecule has 1 aromatic heterocycles. The van der Waals surface area contributed by atoms with E-state index in [1.165, 1.54) is 10.9 Å². The van der Waals surface area contributed by atoms with Crippen molar-refractivity contribution in [1.29, 1.82) is 0 Å². The Morgan fingerprint density at radius 3 is 2.95 bits per heavy atom. The summed E-state index contributed by atoms with van der Waals surface area (Å²) in [5, 5.41) is 17.0. The van der Waals surface area contributed by atoms with Gasteiger partial charge in [-0.25, -0.2) is 0 Å². The van der Waals surface area contributed by atoms with Crippen molar-refractivity contribution < 1.29 is 9.72 Å². The van der Waals surface area contributed by atoms with Crippen molar-refractivity contribution in [1.82, 2.24) is 15.1 Å². The van der Waals surface area contributed by atoms with Gasteiger partial charge in [0.2, 0.25) is 5.91 Å². The average molecular weight is 269 g/mol. The lowest BCUT2D eigenvalue weighted by atomic mass is 10.1. The first-order valence-corrected chi connectivity index (χ1v) is 6.23. The van der Waals surface area contributed by atoms with E-state index in [9.17, 15) is 14.9 Å². The molecular weight excluding hydrogens is 250 g/mol. The zero-order valence-electron chi connectivity index (χ0n) is 10.9. The first-order valence-electron chi connectivity index (χ1n) is 6.23. The van der Waals surface area contributed by atoms with E-state index in [2.05, 4.69) is 17.3 Å². The predicted octanol–water partition coefficient (Wildman–Crippen LogP) is 0.425. The van der Waals surface area contributed by atoms with Crippen LogP contribution < -0.4 is 11.1 Å². The largest absolute Gasteiger partial charge is 0.350 e. The molecule has 1 heterocycles. The van der Waals surface area contributed by atoms with E-state index in [0.29, 0.717) is 6.54 Å². The van der Waals surface area contributed by atoms with E-state index in [0.717, 1.165) is 25.5 Å². The normalized spacial score (nSPS) is 12.1. The number of hydrogen-bond acceptors (Lipinski definition) is 5. The van der Waals surface area contributed by atoms with Crippen LogP contribution in [0.25, 0.3) is 0 Å². The van der Waals surface area contributed by atoms with Gasteiger partial charge >= 0.3 is 5.69 Å². The number of nitrogens with zero attached hydrogens (tertiary/aromatic N) is 3. The van der Waals surface area contributed by atoms with Gasteiger partial charge in [0.25, 0.3) is 0 Å². The van der Waals surface area contributed by atoms with Crippen LogP contribution in [0.15, 0.2) is 12.4 Å². The van der Waals surface area contributed by atoms with E-state index >= 15 is 0 Å². The fourth-order valence-corrected chi connectivity index (χ4v) is 1.65. The summed E-state index contributed by atoms with van der Waals surface area (Å²) in [7, 11) is 0. The van der Waals surface area contributed by atoms with Gasteiger partial charge < -0.3 is 11.1 Å². The minimum atomic E-state index is -0.550. The van der Waals surface area contributed by atoms with Gasteiger partial charge in [0.1, 0.15) is 18.9 Å². The van der Waals surface area contributed by atoms with Crippen molar-refractivity contribution in [2.45, 2.75) is 38.8 Å². The molecule has 8 heteroatoms. The fourth-order valence-electron chi connectivity index (χ4n) is 1.65. The van der Waals surface area contributed by atoms with Crippen LogP contribution in [0.2, 0.25) is 0 Å². The molecule has 0 aromatic carbocycles. The molecule has 0 spiro atoms. The fraction of sp³-hybridized carbons (Fsp3) is 0.636. The minimum absolute atomic E-state index is 0.0452. The molecule has 3 N–H and O–H groups in total. The van der Waals surface area contributed by atoms with Crippen LogP contribution in [0.3, 0.4) is 0 Å². The zero-order chi connectivity index (χ0) is 14.3. The van der Waals surface area contributed by atoms with Gasteiger partial charge in [-0.05, 0) is 6.42 Å². The second-order valence-electron chi connectivity index (χ2n) is 4.30. The molecule has 0 aliphatic carbocycles. The number of unbranched alkanes of at least 4 members (excludes halogenated alkanes) is 1. The number of aromatic nitrogens is 2. The molecule has 0 saturated carbocycles. The highest BCUT2D eigenvalue weighted by atomic mass is 16.6. The Balaban J connectivity index is 2.46. The summed E-state index contributed by atoms with van der Waals surface area (Å²) in [6.45, 7) is 2.40. The second-order valence-corrected chi connectivity index (χ2v) is 4.30. The lowest BCUT2D eigenvalue weighted by Crippen LogP contribution is -2.41. The molecule has 19 heavy (non-hydrogen) atoms. The summed E-state index contributed by atoms with van der Waals surface area (Å²) in [5.74, 6) is -0.246.